The van der Waals surface area contributed by atoms with E-state index in [9.17, 15) is 13.0 Å². The highest BCUT2D eigenvalue weighted by Crippen LogP contribution is 2.38. The summed E-state index contributed by atoms with van der Waals surface area (Å²) in [6.45, 7) is 1.03. The third-order valence-corrected chi connectivity index (χ3v) is 5.99. The third kappa shape index (κ3) is 5.45. The molecule has 1 fully saturated rings. The number of thioether (sulfide) groups is 1. The minimum atomic E-state index is -2.41. The van der Waals surface area contributed by atoms with Gasteiger partial charge >= 0.3 is 0 Å². The van der Waals surface area contributed by atoms with Crippen molar-refractivity contribution >= 4 is 49.6 Å². The summed E-state index contributed by atoms with van der Waals surface area (Å²) < 4.78 is 54.8. The number of hydrogen-bond acceptors (Lipinski definition) is 8. The molecule has 1 N–H and O–H groups in total. The van der Waals surface area contributed by atoms with Gasteiger partial charge < -0.3 is 14.8 Å². The lowest BCUT2D eigenvalue weighted by molar-refractivity contribution is 0.141. The Bertz CT molecular complexity index is 1250. The molecule has 1 aromatic heterocycles. The second-order valence-electron chi connectivity index (χ2n) is 7.46. The van der Waals surface area contributed by atoms with Crippen LogP contribution in [0.15, 0.2) is 45.9 Å². The number of ether oxygens (including phenoxy) is 2. The topological polar surface area (TPSA) is 85.7 Å². The molecular weight excluding hydrogens is 458 g/mol. The van der Waals surface area contributed by atoms with Gasteiger partial charge in [-0.1, -0.05) is 11.8 Å². The standard InChI is InChI=1S/C21H22F2N4O3S2/c1-32(2,28)27-14-8-17-20(19(9-14)31-11-22)21(25-12-24-17)26-16-4-3-13(23)7-18(16)30-15-5-6-29-10-15/h3-4,7-9,12,15H,5-6,10-11H2,1-2H3,(H,24,25,26)/t15-/m0/s1. The quantitative estimate of drug-likeness (QED) is 0.473. The van der Waals surface area contributed by atoms with E-state index in [1.54, 1.807) is 18.2 Å². The van der Waals surface area contributed by atoms with E-state index in [1.165, 1.54) is 31.0 Å². The van der Waals surface area contributed by atoms with Crippen molar-refractivity contribution in [2.24, 2.45) is 4.36 Å². The SMILES string of the molecule is CS(C)(=O)=Nc1cc(SCF)c2c(Nc3ccc(F)cc3O[C@H]3CCOC3)ncnc2c1. The molecule has 0 spiro atoms. The van der Waals surface area contributed by atoms with Crippen LogP contribution in [0, 0.1) is 5.82 Å². The molecule has 7 nitrogen and oxygen atoms in total. The second-order valence-corrected chi connectivity index (χ2v) is 10.9. The minimum absolute atomic E-state index is 0.167. The Morgan fingerprint density at radius 1 is 1.31 bits per heavy atom. The molecule has 32 heavy (non-hydrogen) atoms. The van der Waals surface area contributed by atoms with Gasteiger partial charge in [0.2, 0.25) is 0 Å². The fourth-order valence-corrected chi connectivity index (χ4v) is 4.60. The summed E-state index contributed by atoms with van der Waals surface area (Å²) in [5.41, 5.74) is 1.46. The van der Waals surface area contributed by atoms with Crippen molar-refractivity contribution in [3.63, 3.8) is 0 Å². The highest BCUT2D eigenvalue weighted by Gasteiger charge is 2.20. The zero-order valence-electron chi connectivity index (χ0n) is 17.5. The van der Waals surface area contributed by atoms with Gasteiger partial charge in [-0.2, -0.15) is 4.36 Å². The van der Waals surface area contributed by atoms with Crippen molar-refractivity contribution in [2.75, 3.05) is 37.0 Å². The maximum atomic E-state index is 13.9. The normalized spacial score (nSPS) is 16.3. The molecule has 1 saturated heterocycles. The molecule has 0 bridgehead atoms. The third-order valence-electron chi connectivity index (χ3n) is 4.60. The van der Waals surface area contributed by atoms with Crippen molar-refractivity contribution in [2.45, 2.75) is 17.4 Å². The van der Waals surface area contributed by atoms with E-state index in [1.807, 2.05) is 0 Å². The van der Waals surface area contributed by atoms with Crippen LogP contribution in [0.25, 0.3) is 10.9 Å². The molecule has 3 aromatic rings. The molecule has 2 heterocycles. The molecule has 1 aliphatic heterocycles. The molecule has 0 amide bonds. The van der Waals surface area contributed by atoms with E-state index in [0.29, 0.717) is 58.4 Å². The monoisotopic (exact) mass is 480 g/mol. The number of fused-ring (bicyclic) bond motifs is 1. The zero-order valence-corrected chi connectivity index (χ0v) is 19.1. The Kier molecular flexibility index (Phi) is 6.77. The average Bonchev–Trinajstić information content (AvgIpc) is 3.22. The maximum Gasteiger partial charge on any atom is 0.146 e. The Morgan fingerprint density at radius 2 is 2.16 bits per heavy atom. The van der Waals surface area contributed by atoms with E-state index in [2.05, 4.69) is 19.6 Å². The smallest absolute Gasteiger partial charge is 0.146 e. The number of halogens is 2. The Morgan fingerprint density at radius 3 is 2.88 bits per heavy atom. The Hall–Kier alpha value is -2.50. The van der Waals surface area contributed by atoms with Gasteiger partial charge in [0.05, 0.1) is 35.5 Å². The molecule has 2 aromatic carbocycles. The molecule has 1 atom stereocenters. The van der Waals surface area contributed by atoms with Gasteiger partial charge in [0.1, 0.15) is 35.8 Å². The van der Waals surface area contributed by atoms with Crippen molar-refractivity contribution in [3.05, 3.63) is 42.5 Å². The summed E-state index contributed by atoms with van der Waals surface area (Å²) in [6, 6.07) is 6.84. The van der Waals surface area contributed by atoms with Crippen LogP contribution in [-0.2, 0) is 14.5 Å². The number of anilines is 2. The van der Waals surface area contributed by atoms with Crippen molar-refractivity contribution in [1.29, 1.82) is 0 Å². The molecule has 0 radical (unpaired) electrons. The lowest BCUT2D eigenvalue weighted by Gasteiger charge is -2.18. The van der Waals surface area contributed by atoms with Crippen molar-refractivity contribution in [1.82, 2.24) is 9.97 Å². The van der Waals surface area contributed by atoms with Crippen molar-refractivity contribution < 1.29 is 22.5 Å². The number of rotatable bonds is 7. The van der Waals surface area contributed by atoms with Gasteiger partial charge in [0, 0.05) is 39.6 Å². The van der Waals surface area contributed by atoms with E-state index >= 15 is 0 Å². The van der Waals surface area contributed by atoms with Gasteiger partial charge in [0.15, 0.2) is 0 Å². The summed E-state index contributed by atoms with van der Waals surface area (Å²) in [5.74, 6) is 0.306. The number of hydrogen-bond donors (Lipinski definition) is 1. The number of nitrogens with one attached hydrogen (secondary N) is 1. The first-order valence-electron chi connectivity index (χ1n) is 9.78. The first-order valence-corrected chi connectivity index (χ1v) is 13.1. The second kappa shape index (κ2) is 9.55. The summed E-state index contributed by atoms with van der Waals surface area (Å²) >= 11 is 0.955. The summed E-state index contributed by atoms with van der Waals surface area (Å²) in [5, 5.41) is 3.75. The van der Waals surface area contributed by atoms with Crippen LogP contribution >= 0.6 is 11.8 Å². The molecule has 1 aliphatic rings. The lowest BCUT2D eigenvalue weighted by Crippen LogP contribution is -2.16. The number of alkyl halides is 1. The van der Waals surface area contributed by atoms with Gasteiger partial charge in [-0.25, -0.2) is 23.0 Å². The summed E-state index contributed by atoms with van der Waals surface area (Å²) in [4.78, 5) is 9.16. The predicted octanol–water partition coefficient (Wildman–Crippen LogP) is 5.06. The van der Waals surface area contributed by atoms with Crippen LogP contribution in [0.3, 0.4) is 0 Å². The average molecular weight is 481 g/mol. The lowest BCUT2D eigenvalue weighted by atomic mass is 10.2. The van der Waals surface area contributed by atoms with E-state index in [0.717, 1.165) is 11.8 Å². The van der Waals surface area contributed by atoms with Crippen LogP contribution in [0.2, 0.25) is 0 Å². The molecule has 0 saturated carbocycles. The highest BCUT2D eigenvalue weighted by atomic mass is 32.2. The maximum absolute atomic E-state index is 13.9. The summed E-state index contributed by atoms with van der Waals surface area (Å²) in [6.07, 6.45) is 4.96. The fraction of sp³-hybridized carbons (Fsp3) is 0.333. The molecule has 170 valence electrons. The largest absolute Gasteiger partial charge is 0.486 e. The Balaban J connectivity index is 1.78. The van der Waals surface area contributed by atoms with Crippen LogP contribution < -0.4 is 10.1 Å². The van der Waals surface area contributed by atoms with Crippen LogP contribution in [0.1, 0.15) is 6.42 Å². The van der Waals surface area contributed by atoms with Gasteiger partial charge in [-0.15, -0.1) is 0 Å². The van der Waals surface area contributed by atoms with E-state index in [4.69, 9.17) is 9.47 Å². The molecule has 4 rings (SSSR count). The van der Waals surface area contributed by atoms with E-state index < -0.39 is 21.6 Å². The molecule has 11 heteroatoms. The predicted molar refractivity (Wildman–Crippen MR) is 123 cm³/mol. The van der Waals surface area contributed by atoms with Crippen LogP contribution in [-0.4, -0.2) is 52.0 Å². The fourth-order valence-electron chi connectivity index (χ4n) is 3.32. The molecular formula is C21H22F2N4O3S2. The highest BCUT2D eigenvalue weighted by molar-refractivity contribution is 7.99. The number of aromatic nitrogens is 2. The molecule has 0 unspecified atom stereocenters. The zero-order chi connectivity index (χ0) is 22.7. The Labute approximate surface area is 189 Å². The van der Waals surface area contributed by atoms with Gasteiger partial charge in [0.25, 0.3) is 0 Å². The summed E-state index contributed by atoms with van der Waals surface area (Å²) in [7, 11) is -2.41. The first-order chi connectivity index (χ1) is 15.3. The van der Waals surface area contributed by atoms with Gasteiger partial charge in [-0.05, 0) is 24.3 Å². The number of nitrogens with zero attached hydrogens (tertiary/aromatic N) is 3. The van der Waals surface area contributed by atoms with E-state index in [-0.39, 0.29) is 6.10 Å². The van der Waals surface area contributed by atoms with Crippen molar-refractivity contribution in [3.8, 4) is 5.75 Å². The van der Waals surface area contributed by atoms with Crippen LogP contribution in [0.5, 0.6) is 5.75 Å². The number of benzene rings is 2. The molecule has 0 aliphatic carbocycles. The minimum Gasteiger partial charge on any atom is -0.486 e. The van der Waals surface area contributed by atoms with Crippen LogP contribution in [0.4, 0.5) is 26.0 Å². The van der Waals surface area contributed by atoms with Gasteiger partial charge in [-0.3, -0.25) is 0 Å². The first kappa shape index (κ1) is 22.7.